The van der Waals surface area contributed by atoms with Gasteiger partial charge in [0.15, 0.2) is 39.8 Å². The van der Waals surface area contributed by atoms with Gasteiger partial charge in [0.1, 0.15) is 0 Å². The van der Waals surface area contributed by atoms with Crippen LogP contribution in [0.4, 0.5) is 0 Å². The molecule has 4 rings (SSSR count). The van der Waals surface area contributed by atoms with Crippen LogP contribution >= 0.6 is 11.8 Å². The van der Waals surface area contributed by atoms with Gasteiger partial charge in [-0.05, 0) is 49.2 Å². The first-order valence-corrected chi connectivity index (χ1v) is 11.9. The number of aromatic hydroxyl groups is 2. The van der Waals surface area contributed by atoms with Gasteiger partial charge in [0.05, 0.1) is 20.0 Å². The number of phenolic OH excluding ortho intramolecular Hbond substituents is 2. The minimum atomic E-state index is -0.313. The zero-order valence-corrected chi connectivity index (χ0v) is 19.5. The maximum atomic E-state index is 12.7. The van der Waals surface area contributed by atoms with Gasteiger partial charge in [-0.3, -0.25) is 9.36 Å². The highest BCUT2D eigenvalue weighted by Crippen LogP contribution is 2.38. The number of carbonyl (C=O) groups is 1. The van der Waals surface area contributed by atoms with Gasteiger partial charge in [0.2, 0.25) is 0 Å². The largest absolute Gasteiger partial charge is 0.504 e. The number of nitrogens with zero attached hydrogens (tertiary/aromatic N) is 3. The van der Waals surface area contributed by atoms with Crippen molar-refractivity contribution in [3.05, 3.63) is 42.0 Å². The van der Waals surface area contributed by atoms with Crippen LogP contribution in [-0.4, -0.2) is 50.7 Å². The van der Waals surface area contributed by atoms with Crippen molar-refractivity contribution in [2.24, 2.45) is 0 Å². The van der Waals surface area contributed by atoms with Crippen LogP contribution in [0.15, 0.2) is 41.6 Å². The number of Topliss-reactive ketones (excluding diaryl/α,β-unsaturated/α-hetero) is 1. The first kappa shape index (κ1) is 23.0. The van der Waals surface area contributed by atoms with E-state index in [1.165, 1.54) is 36.4 Å². The van der Waals surface area contributed by atoms with E-state index in [-0.39, 0.29) is 29.1 Å². The standard InChI is InChI=1S/C24H27N3O5S/c1-31-21-11-9-16(13-22(21)32-2)23-25-26-24(27(23)17-6-4-3-5-7-17)33-14-20(30)15-8-10-18(28)19(29)12-15/h8-13,17,28-29H,3-7,14H2,1-2H3. The fraction of sp³-hybridized carbons (Fsp3) is 0.375. The van der Waals surface area contributed by atoms with Gasteiger partial charge in [0, 0.05) is 17.2 Å². The third-order valence-corrected chi connectivity index (χ3v) is 6.82. The highest BCUT2D eigenvalue weighted by molar-refractivity contribution is 7.99. The van der Waals surface area contributed by atoms with Crippen molar-refractivity contribution in [3.8, 4) is 34.4 Å². The molecule has 9 heteroatoms. The second kappa shape index (κ2) is 10.2. The van der Waals surface area contributed by atoms with E-state index in [2.05, 4.69) is 14.8 Å². The highest BCUT2D eigenvalue weighted by Gasteiger charge is 2.25. The van der Waals surface area contributed by atoms with E-state index in [4.69, 9.17) is 9.47 Å². The molecule has 0 radical (unpaired) electrons. The van der Waals surface area contributed by atoms with Crippen molar-refractivity contribution >= 4 is 17.5 Å². The van der Waals surface area contributed by atoms with E-state index >= 15 is 0 Å². The molecule has 1 aliphatic rings. The molecule has 0 saturated heterocycles. The number of phenols is 2. The van der Waals surface area contributed by atoms with Crippen molar-refractivity contribution in [2.75, 3.05) is 20.0 Å². The van der Waals surface area contributed by atoms with Crippen molar-refractivity contribution in [2.45, 2.75) is 43.3 Å². The van der Waals surface area contributed by atoms with Gasteiger partial charge >= 0.3 is 0 Å². The Morgan fingerprint density at radius 1 is 1.00 bits per heavy atom. The molecule has 2 N–H and O–H groups in total. The second-order valence-electron chi connectivity index (χ2n) is 7.95. The summed E-state index contributed by atoms with van der Waals surface area (Å²) >= 11 is 1.33. The van der Waals surface area contributed by atoms with Crippen molar-refractivity contribution in [1.82, 2.24) is 14.8 Å². The molecule has 3 aromatic rings. The molecule has 0 atom stereocenters. The summed E-state index contributed by atoms with van der Waals surface area (Å²) in [5.74, 6) is 1.40. The molecule has 0 spiro atoms. The Morgan fingerprint density at radius 3 is 2.45 bits per heavy atom. The predicted molar refractivity (Wildman–Crippen MR) is 126 cm³/mol. The molecule has 1 heterocycles. The van der Waals surface area contributed by atoms with Crippen molar-refractivity contribution in [1.29, 1.82) is 0 Å². The molecule has 1 fully saturated rings. The van der Waals surface area contributed by atoms with Crippen LogP contribution in [0.5, 0.6) is 23.0 Å². The smallest absolute Gasteiger partial charge is 0.192 e. The quantitative estimate of drug-likeness (QED) is 0.274. The lowest BCUT2D eigenvalue weighted by Crippen LogP contribution is -2.15. The van der Waals surface area contributed by atoms with E-state index in [0.717, 1.165) is 37.1 Å². The molecule has 0 unspecified atom stereocenters. The van der Waals surface area contributed by atoms with E-state index in [1.54, 1.807) is 14.2 Å². The van der Waals surface area contributed by atoms with Gasteiger partial charge in [-0.25, -0.2) is 0 Å². The fourth-order valence-electron chi connectivity index (χ4n) is 4.13. The van der Waals surface area contributed by atoms with E-state index in [1.807, 2.05) is 18.2 Å². The van der Waals surface area contributed by atoms with E-state index in [9.17, 15) is 15.0 Å². The molecule has 1 aliphatic carbocycles. The summed E-state index contributed by atoms with van der Waals surface area (Å²) < 4.78 is 13.0. The summed E-state index contributed by atoms with van der Waals surface area (Å²) in [6.45, 7) is 0. The van der Waals surface area contributed by atoms with Crippen LogP contribution in [0.2, 0.25) is 0 Å². The minimum absolute atomic E-state index is 0.140. The Morgan fingerprint density at radius 2 is 1.76 bits per heavy atom. The monoisotopic (exact) mass is 469 g/mol. The zero-order valence-electron chi connectivity index (χ0n) is 18.7. The summed E-state index contributed by atoms with van der Waals surface area (Å²) in [5.41, 5.74) is 1.20. The molecule has 33 heavy (non-hydrogen) atoms. The Balaban J connectivity index is 1.63. The Bertz CT molecular complexity index is 1140. The Labute approximate surface area is 196 Å². The summed E-state index contributed by atoms with van der Waals surface area (Å²) in [7, 11) is 3.20. The first-order chi connectivity index (χ1) is 16.0. The number of methoxy groups -OCH3 is 2. The Kier molecular flexibility index (Phi) is 7.08. The van der Waals surface area contributed by atoms with Gasteiger partial charge in [-0.1, -0.05) is 31.0 Å². The number of ketones is 1. The maximum absolute atomic E-state index is 12.7. The molecule has 8 nitrogen and oxygen atoms in total. The number of aromatic nitrogens is 3. The average Bonchev–Trinajstić information content (AvgIpc) is 3.28. The van der Waals surface area contributed by atoms with Gasteiger partial charge in [-0.2, -0.15) is 0 Å². The van der Waals surface area contributed by atoms with Crippen LogP contribution in [0.1, 0.15) is 48.5 Å². The van der Waals surface area contributed by atoms with Crippen molar-refractivity contribution in [3.63, 3.8) is 0 Å². The number of rotatable bonds is 8. The van der Waals surface area contributed by atoms with E-state index < -0.39 is 0 Å². The lowest BCUT2D eigenvalue weighted by Gasteiger charge is -2.25. The molecular formula is C24H27N3O5S. The fourth-order valence-corrected chi connectivity index (χ4v) is 5.03. The van der Waals surface area contributed by atoms with Gasteiger partial charge in [0.25, 0.3) is 0 Å². The Hall–Kier alpha value is -3.20. The molecule has 1 saturated carbocycles. The van der Waals surface area contributed by atoms with Gasteiger partial charge in [-0.15, -0.1) is 10.2 Å². The maximum Gasteiger partial charge on any atom is 0.192 e. The summed E-state index contributed by atoms with van der Waals surface area (Å²) in [6, 6.07) is 10.0. The molecular weight excluding hydrogens is 442 g/mol. The summed E-state index contributed by atoms with van der Waals surface area (Å²) in [6.07, 6.45) is 5.57. The molecule has 174 valence electrons. The molecule has 2 aromatic carbocycles. The van der Waals surface area contributed by atoms with Crippen LogP contribution in [0.3, 0.4) is 0 Å². The molecule has 1 aromatic heterocycles. The van der Waals surface area contributed by atoms with Crippen LogP contribution in [-0.2, 0) is 0 Å². The normalized spacial score (nSPS) is 14.2. The molecule has 0 aliphatic heterocycles. The number of hydrogen-bond donors (Lipinski definition) is 2. The number of ether oxygens (including phenoxy) is 2. The zero-order chi connectivity index (χ0) is 23.4. The molecule has 0 amide bonds. The number of thioether (sulfide) groups is 1. The predicted octanol–water partition coefficient (Wildman–Crippen LogP) is 4.85. The second-order valence-corrected chi connectivity index (χ2v) is 8.90. The van der Waals surface area contributed by atoms with Crippen LogP contribution in [0, 0.1) is 0 Å². The third-order valence-electron chi connectivity index (χ3n) is 5.88. The lowest BCUT2D eigenvalue weighted by molar-refractivity contribution is 0.102. The number of hydrogen-bond acceptors (Lipinski definition) is 8. The van der Waals surface area contributed by atoms with Gasteiger partial charge < -0.3 is 19.7 Å². The highest BCUT2D eigenvalue weighted by atomic mass is 32.2. The summed E-state index contributed by atoms with van der Waals surface area (Å²) in [5, 5.41) is 28.8. The lowest BCUT2D eigenvalue weighted by atomic mass is 9.95. The van der Waals surface area contributed by atoms with Crippen LogP contribution < -0.4 is 9.47 Å². The number of benzene rings is 2. The van der Waals surface area contributed by atoms with E-state index in [0.29, 0.717) is 22.2 Å². The number of carbonyl (C=O) groups excluding carboxylic acids is 1. The third kappa shape index (κ3) is 4.93. The first-order valence-electron chi connectivity index (χ1n) is 10.9. The van der Waals surface area contributed by atoms with Crippen molar-refractivity contribution < 1.29 is 24.5 Å². The summed E-state index contributed by atoms with van der Waals surface area (Å²) in [4.78, 5) is 12.7. The van der Waals surface area contributed by atoms with Crippen LogP contribution in [0.25, 0.3) is 11.4 Å². The topological polar surface area (TPSA) is 107 Å². The SMILES string of the molecule is COc1ccc(-c2nnc(SCC(=O)c3ccc(O)c(O)c3)n2C2CCCCC2)cc1OC. The average molecular weight is 470 g/mol. The minimum Gasteiger partial charge on any atom is -0.504 e. The molecule has 0 bridgehead atoms.